The lowest BCUT2D eigenvalue weighted by molar-refractivity contribution is -0.118. The highest BCUT2D eigenvalue weighted by atomic mass is 16.5. The first kappa shape index (κ1) is 19.4. The lowest BCUT2D eigenvalue weighted by Gasteiger charge is -2.25. The molecule has 0 spiro atoms. The number of anilines is 2. The summed E-state index contributed by atoms with van der Waals surface area (Å²) in [5.41, 5.74) is 3.54. The lowest BCUT2D eigenvalue weighted by atomic mass is 10.1. The van der Waals surface area contributed by atoms with E-state index in [1.54, 1.807) is 24.3 Å². The minimum Gasteiger partial charge on any atom is -0.493 e. The number of nitrogens with one attached hydrogen (secondary N) is 2. The first-order valence-corrected chi connectivity index (χ1v) is 9.90. The van der Waals surface area contributed by atoms with Gasteiger partial charge in [-0.15, -0.1) is 0 Å². The summed E-state index contributed by atoms with van der Waals surface area (Å²) in [6, 6.07) is 13.1. The minimum absolute atomic E-state index is 0.0516. The molecule has 0 aromatic heterocycles. The van der Waals surface area contributed by atoms with Crippen LogP contribution in [-0.2, 0) is 27.2 Å². The molecule has 7 heteroatoms. The number of morpholine rings is 1. The van der Waals surface area contributed by atoms with Crippen molar-refractivity contribution in [2.24, 2.45) is 0 Å². The van der Waals surface area contributed by atoms with Gasteiger partial charge in [0.15, 0.2) is 0 Å². The van der Waals surface area contributed by atoms with Crippen molar-refractivity contribution in [1.82, 2.24) is 4.90 Å². The molecule has 0 aliphatic carbocycles. The van der Waals surface area contributed by atoms with Gasteiger partial charge in [0.05, 0.1) is 32.8 Å². The first-order valence-electron chi connectivity index (χ1n) is 9.90. The van der Waals surface area contributed by atoms with Gasteiger partial charge in [0.25, 0.3) is 0 Å². The van der Waals surface area contributed by atoms with E-state index in [-0.39, 0.29) is 11.8 Å². The van der Waals surface area contributed by atoms with Gasteiger partial charge < -0.3 is 20.1 Å². The zero-order valence-electron chi connectivity index (χ0n) is 16.3. The summed E-state index contributed by atoms with van der Waals surface area (Å²) >= 11 is 0. The molecule has 2 aromatic carbocycles. The summed E-state index contributed by atoms with van der Waals surface area (Å²) in [7, 11) is 0. The number of benzene rings is 2. The Labute approximate surface area is 170 Å². The summed E-state index contributed by atoms with van der Waals surface area (Å²) in [4.78, 5) is 26.6. The van der Waals surface area contributed by atoms with Crippen molar-refractivity contribution >= 4 is 23.2 Å². The van der Waals surface area contributed by atoms with Gasteiger partial charge >= 0.3 is 0 Å². The fourth-order valence-corrected chi connectivity index (χ4v) is 3.54. The molecular formula is C22H25N3O4. The fraction of sp³-hybridized carbons (Fsp3) is 0.364. The largest absolute Gasteiger partial charge is 0.493 e. The molecule has 2 heterocycles. The van der Waals surface area contributed by atoms with E-state index < -0.39 is 0 Å². The second kappa shape index (κ2) is 9.07. The summed E-state index contributed by atoms with van der Waals surface area (Å²) in [6.07, 6.45) is 1.20. The minimum atomic E-state index is -0.0760. The molecule has 152 valence electrons. The lowest BCUT2D eigenvalue weighted by Crippen LogP contribution is -2.41. The van der Waals surface area contributed by atoms with Crippen LogP contribution in [0.1, 0.15) is 11.1 Å². The van der Waals surface area contributed by atoms with Crippen LogP contribution in [0, 0.1) is 0 Å². The van der Waals surface area contributed by atoms with Crippen LogP contribution in [0.25, 0.3) is 0 Å². The molecule has 2 aliphatic heterocycles. The van der Waals surface area contributed by atoms with Crippen molar-refractivity contribution in [1.29, 1.82) is 0 Å². The number of nitrogens with zero attached hydrogens (tertiary/aromatic N) is 1. The molecule has 0 atom stereocenters. The van der Waals surface area contributed by atoms with E-state index in [4.69, 9.17) is 9.47 Å². The van der Waals surface area contributed by atoms with Crippen LogP contribution < -0.4 is 15.4 Å². The average molecular weight is 395 g/mol. The Balaban J connectivity index is 1.26. The van der Waals surface area contributed by atoms with Crippen LogP contribution in [0.3, 0.4) is 0 Å². The maximum atomic E-state index is 12.3. The van der Waals surface area contributed by atoms with E-state index in [0.717, 1.165) is 36.4 Å². The molecule has 4 rings (SSSR count). The number of ether oxygens (including phenoxy) is 2. The predicted octanol–water partition coefficient (Wildman–Crippen LogP) is 2.07. The highest BCUT2D eigenvalue weighted by Gasteiger charge is 2.15. The van der Waals surface area contributed by atoms with Crippen molar-refractivity contribution in [3.05, 3.63) is 53.6 Å². The quantitative estimate of drug-likeness (QED) is 0.783. The van der Waals surface area contributed by atoms with Crippen LogP contribution in [0.4, 0.5) is 11.4 Å². The second-order valence-corrected chi connectivity index (χ2v) is 7.28. The predicted molar refractivity (Wildman–Crippen MR) is 110 cm³/mol. The Bertz CT molecular complexity index is 876. The van der Waals surface area contributed by atoms with Gasteiger partial charge in [-0.05, 0) is 41.5 Å². The van der Waals surface area contributed by atoms with Gasteiger partial charge in [0.2, 0.25) is 11.8 Å². The molecule has 1 saturated heterocycles. The molecule has 1 fully saturated rings. The van der Waals surface area contributed by atoms with E-state index in [1.165, 1.54) is 0 Å². The maximum absolute atomic E-state index is 12.3. The summed E-state index contributed by atoms with van der Waals surface area (Å²) in [5.74, 6) is 0.789. The summed E-state index contributed by atoms with van der Waals surface area (Å²) in [6.45, 7) is 3.95. The van der Waals surface area contributed by atoms with Gasteiger partial charge in [0.1, 0.15) is 5.75 Å². The van der Waals surface area contributed by atoms with Crippen LogP contribution in [0.5, 0.6) is 5.75 Å². The van der Waals surface area contributed by atoms with Gasteiger partial charge in [-0.1, -0.05) is 12.1 Å². The van der Waals surface area contributed by atoms with Crippen LogP contribution >= 0.6 is 0 Å². The molecule has 0 saturated carbocycles. The van der Waals surface area contributed by atoms with Crippen LogP contribution in [0.15, 0.2) is 42.5 Å². The highest BCUT2D eigenvalue weighted by Crippen LogP contribution is 2.26. The Morgan fingerprint density at radius 1 is 0.897 bits per heavy atom. The van der Waals surface area contributed by atoms with Gasteiger partial charge in [-0.2, -0.15) is 0 Å². The Morgan fingerprint density at radius 2 is 1.59 bits per heavy atom. The Hall–Kier alpha value is -2.90. The fourth-order valence-electron chi connectivity index (χ4n) is 3.54. The van der Waals surface area contributed by atoms with Gasteiger partial charge in [0, 0.05) is 30.9 Å². The number of carbonyl (C=O) groups excluding carboxylic acids is 2. The van der Waals surface area contributed by atoms with E-state index >= 15 is 0 Å². The summed E-state index contributed by atoms with van der Waals surface area (Å²) in [5, 5.41) is 5.79. The number of hydrogen-bond donors (Lipinski definition) is 2. The van der Waals surface area contributed by atoms with E-state index in [0.29, 0.717) is 44.2 Å². The van der Waals surface area contributed by atoms with Crippen molar-refractivity contribution < 1.29 is 19.1 Å². The number of fused-ring (bicyclic) bond motifs is 1. The topological polar surface area (TPSA) is 79.9 Å². The van der Waals surface area contributed by atoms with Gasteiger partial charge in [-0.3, -0.25) is 14.5 Å². The number of amides is 2. The molecule has 2 N–H and O–H groups in total. The third-order valence-corrected chi connectivity index (χ3v) is 5.04. The molecule has 2 aromatic rings. The van der Waals surface area contributed by atoms with Gasteiger partial charge in [-0.25, -0.2) is 0 Å². The average Bonchev–Trinajstić information content (AvgIpc) is 3.18. The van der Waals surface area contributed by atoms with Crippen LogP contribution in [0.2, 0.25) is 0 Å². The second-order valence-electron chi connectivity index (χ2n) is 7.28. The third-order valence-electron chi connectivity index (χ3n) is 5.04. The smallest absolute Gasteiger partial charge is 0.238 e. The third kappa shape index (κ3) is 5.34. The number of rotatable bonds is 6. The number of carbonyl (C=O) groups is 2. The number of hydrogen-bond acceptors (Lipinski definition) is 5. The van der Waals surface area contributed by atoms with Crippen LogP contribution in [-0.4, -0.2) is 56.2 Å². The van der Waals surface area contributed by atoms with E-state index in [9.17, 15) is 9.59 Å². The Morgan fingerprint density at radius 3 is 2.31 bits per heavy atom. The van der Waals surface area contributed by atoms with Crippen molar-refractivity contribution in [3.8, 4) is 5.75 Å². The van der Waals surface area contributed by atoms with Crippen molar-refractivity contribution in [2.75, 3.05) is 50.1 Å². The first-order chi connectivity index (χ1) is 14.2. The van der Waals surface area contributed by atoms with E-state index in [1.807, 2.05) is 18.2 Å². The monoisotopic (exact) mass is 395 g/mol. The van der Waals surface area contributed by atoms with Crippen molar-refractivity contribution in [3.63, 3.8) is 0 Å². The van der Waals surface area contributed by atoms with E-state index in [2.05, 4.69) is 15.5 Å². The standard InChI is InChI=1S/C22H25N3O4/c26-21(14-16-1-6-20-17(13-16)7-10-29-20)23-18-2-4-19(5-3-18)24-22(27)15-25-8-11-28-12-9-25/h1-6,13H,7-12,14-15H2,(H,23,26)(H,24,27). The molecule has 2 amide bonds. The molecule has 2 aliphatic rings. The normalized spacial score (nSPS) is 16.0. The Kier molecular flexibility index (Phi) is 6.07. The molecule has 0 radical (unpaired) electrons. The maximum Gasteiger partial charge on any atom is 0.238 e. The molecule has 0 unspecified atom stereocenters. The zero-order chi connectivity index (χ0) is 20.1. The molecular weight excluding hydrogens is 370 g/mol. The molecule has 0 bridgehead atoms. The zero-order valence-corrected chi connectivity index (χ0v) is 16.3. The van der Waals surface area contributed by atoms with Crippen molar-refractivity contribution in [2.45, 2.75) is 12.8 Å². The highest BCUT2D eigenvalue weighted by molar-refractivity contribution is 5.94. The SMILES string of the molecule is O=C(Cc1ccc2c(c1)CCO2)Nc1ccc(NC(=O)CN2CCOCC2)cc1. The summed E-state index contributed by atoms with van der Waals surface area (Å²) < 4.78 is 10.8. The molecule has 29 heavy (non-hydrogen) atoms. The molecule has 7 nitrogen and oxygen atoms in total.